The number of esters is 5. The molecule has 2 N–H and O–H groups in total. The third kappa shape index (κ3) is 6.58. The average molecular weight is 797 g/mol. The van der Waals surface area contributed by atoms with Gasteiger partial charge < -0.3 is 38.6 Å². The van der Waals surface area contributed by atoms with E-state index in [1.54, 1.807) is 92.7 Å². The first-order chi connectivity index (χ1) is 27.5. The third-order valence-electron chi connectivity index (χ3n) is 12.7. The van der Waals surface area contributed by atoms with Gasteiger partial charge >= 0.3 is 29.8 Å². The second kappa shape index (κ2) is 15.1. The van der Waals surface area contributed by atoms with Crippen molar-refractivity contribution in [2.45, 2.75) is 102 Å². The Hall–Kier alpha value is -5.37. The Morgan fingerprint density at radius 1 is 0.724 bits per heavy atom. The molecule has 2 saturated carbocycles. The first-order valence-electron chi connectivity index (χ1n) is 19.3. The molecular weight excluding hydrogens is 748 g/mol. The maximum absolute atomic E-state index is 14.5. The Bertz CT molecular complexity index is 2110. The predicted molar refractivity (Wildman–Crippen MR) is 205 cm³/mol. The molecule has 0 amide bonds. The number of carbonyl (C=O) groups excluding carboxylic acids is 5. The Morgan fingerprint density at radius 3 is 1.64 bits per heavy atom. The first kappa shape index (κ1) is 40.8. The van der Waals surface area contributed by atoms with Gasteiger partial charge in [0.25, 0.3) is 0 Å². The van der Waals surface area contributed by atoms with Crippen molar-refractivity contribution in [1.29, 1.82) is 0 Å². The Labute approximate surface area is 336 Å². The Morgan fingerprint density at radius 2 is 1.21 bits per heavy atom. The summed E-state index contributed by atoms with van der Waals surface area (Å²) in [6.45, 7) is 8.49. The van der Waals surface area contributed by atoms with Crippen LogP contribution in [0.4, 0.5) is 0 Å². The molecule has 1 aliphatic heterocycles. The summed E-state index contributed by atoms with van der Waals surface area (Å²) in [7, 11) is 0. The number of aliphatic hydroxyl groups excluding tert-OH is 1. The third-order valence-corrected chi connectivity index (χ3v) is 12.7. The SMILES string of the molecule is CC(=O)O[C@H]1C[C@]2(C(C)(C)O)C(=C1C)[C@@H](O)[C@H](OC(=O)c1ccccc1)[C@@]1(C)[C@@H](OC(=O)c3ccccc3)C[C@@H]3OC[C@@]3(OC(C)=O)[C@@H]1[C@@H]2OC(=O)c1ccccc1. The molecule has 7 rings (SSSR count). The highest BCUT2D eigenvalue weighted by atomic mass is 16.6. The standard InChI is InChI=1S/C45H48O13/c1-25-31(54-26(2)46)23-44(42(4,5)52)34(25)35(48)37(56-40(50)29-18-12-8-13-19-29)43(6)32(55-39(49)28-16-10-7-11-17-28)22-33-45(24-53-33,58-27(3)47)36(43)38(44)57-41(51)30-20-14-9-15-21-30/h7-21,31-33,35-38,48,52H,22-24H2,1-6H3/t31-,32-,33-,35+,36+,37-,38-,43-,44-,45-/m0/s1. The number of ether oxygens (including phenoxy) is 6. The lowest BCUT2D eigenvalue weighted by Gasteiger charge is -2.65. The molecule has 58 heavy (non-hydrogen) atoms. The number of fused-ring (bicyclic) bond motifs is 4. The smallest absolute Gasteiger partial charge is 0.338 e. The van der Waals surface area contributed by atoms with Crippen molar-refractivity contribution in [2.24, 2.45) is 16.7 Å². The van der Waals surface area contributed by atoms with Gasteiger partial charge in [-0.15, -0.1) is 0 Å². The van der Waals surface area contributed by atoms with Gasteiger partial charge in [0.1, 0.15) is 36.6 Å². The molecule has 3 aromatic carbocycles. The second-order valence-corrected chi connectivity index (χ2v) is 16.4. The van der Waals surface area contributed by atoms with Gasteiger partial charge in [-0.1, -0.05) is 61.5 Å². The molecule has 0 aromatic heterocycles. The predicted octanol–water partition coefficient (Wildman–Crippen LogP) is 5.17. The minimum atomic E-state index is -1.91. The molecule has 13 nitrogen and oxygen atoms in total. The van der Waals surface area contributed by atoms with Crippen LogP contribution in [-0.4, -0.2) is 94.5 Å². The van der Waals surface area contributed by atoms with Crippen LogP contribution in [0, 0.1) is 16.7 Å². The van der Waals surface area contributed by atoms with Gasteiger partial charge in [-0.25, -0.2) is 14.4 Å². The topological polar surface area (TPSA) is 181 Å². The van der Waals surface area contributed by atoms with Crippen molar-refractivity contribution in [3.8, 4) is 0 Å². The van der Waals surface area contributed by atoms with E-state index in [4.69, 9.17) is 28.4 Å². The van der Waals surface area contributed by atoms with Gasteiger partial charge in [0.2, 0.25) is 0 Å². The second-order valence-electron chi connectivity index (χ2n) is 16.4. The lowest BCUT2D eigenvalue weighted by molar-refractivity contribution is -0.350. The molecule has 0 unspecified atom stereocenters. The molecule has 3 fully saturated rings. The minimum absolute atomic E-state index is 0.0894. The van der Waals surface area contributed by atoms with Crippen LogP contribution in [0.3, 0.4) is 0 Å². The van der Waals surface area contributed by atoms with Crippen molar-refractivity contribution in [1.82, 2.24) is 0 Å². The maximum Gasteiger partial charge on any atom is 0.338 e. The van der Waals surface area contributed by atoms with Gasteiger partial charge in [0, 0.05) is 26.7 Å². The summed E-state index contributed by atoms with van der Waals surface area (Å²) in [5.41, 5.74) is -6.26. The van der Waals surface area contributed by atoms with Crippen molar-refractivity contribution in [2.75, 3.05) is 6.61 Å². The molecule has 4 aliphatic rings. The number of hydrogen-bond donors (Lipinski definition) is 2. The molecular formula is C45H48O13. The van der Waals surface area contributed by atoms with E-state index in [1.807, 2.05) is 0 Å². The molecule has 1 saturated heterocycles. The van der Waals surface area contributed by atoms with E-state index >= 15 is 0 Å². The molecule has 0 bridgehead atoms. The highest BCUT2D eigenvalue weighted by molar-refractivity contribution is 5.91. The van der Waals surface area contributed by atoms with Crippen LogP contribution in [-0.2, 0) is 38.0 Å². The summed E-state index contributed by atoms with van der Waals surface area (Å²) < 4.78 is 37.9. The molecule has 3 aromatic rings. The molecule has 13 heteroatoms. The molecule has 1 heterocycles. The van der Waals surface area contributed by atoms with E-state index in [9.17, 15) is 34.2 Å². The van der Waals surface area contributed by atoms with Crippen molar-refractivity contribution >= 4 is 29.8 Å². The number of benzene rings is 3. The van der Waals surface area contributed by atoms with Gasteiger partial charge in [0.05, 0.1) is 45.6 Å². The lowest BCUT2D eigenvalue weighted by atomic mass is 9.49. The average Bonchev–Trinajstić information content (AvgIpc) is 3.45. The van der Waals surface area contributed by atoms with E-state index in [2.05, 4.69) is 0 Å². The van der Waals surface area contributed by atoms with Gasteiger partial charge in [-0.2, -0.15) is 0 Å². The van der Waals surface area contributed by atoms with Gasteiger partial charge in [-0.05, 0) is 68.3 Å². The fourth-order valence-electron chi connectivity index (χ4n) is 10.2. The maximum atomic E-state index is 14.5. The monoisotopic (exact) mass is 796 g/mol. The zero-order valence-corrected chi connectivity index (χ0v) is 33.2. The van der Waals surface area contributed by atoms with Crippen molar-refractivity contribution in [3.05, 3.63) is 119 Å². The molecule has 0 radical (unpaired) electrons. The van der Waals surface area contributed by atoms with E-state index in [0.29, 0.717) is 5.57 Å². The first-order valence-corrected chi connectivity index (χ1v) is 19.3. The number of carbonyl (C=O) groups is 5. The van der Waals surface area contributed by atoms with Crippen LogP contribution < -0.4 is 0 Å². The Balaban J connectivity index is 1.55. The van der Waals surface area contributed by atoms with Crippen LogP contribution in [0.1, 0.15) is 85.5 Å². The zero-order valence-electron chi connectivity index (χ0n) is 33.2. The van der Waals surface area contributed by atoms with E-state index in [1.165, 1.54) is 39.8 Å². The van der Waals surface area contributed by atoms with Crippen molar-refractivity contribution < 1.29 is 62.6 Å². The number of hydrogen-bond acceptors (Lipinski definition) is 13. The van der Waals surface area contributed by atoms with Crippen molar-refractivity contribution in [3.63, 3.8) is 0 Å². The van der Waals surface area contributed by atoms with Crippen LogP contribution in [0.2, 0.25) is 0 Å². The summed E-state index contributed by atoms with van der Waals surface area (Å²) in [6, 6.07) is 24.5. The Kier molecular flexibility index (Phi) is 10.6. The minimum Gasteiger partial charge on any atom is -0.458 e. The summed E-state index contributed by atoms with van der Waals surface area (Å²) in [4.78, 5) is 68.8. The number of rotatable bonds is 9. The molecule has 306 valence electrons. The molecule has 10 atom stereocenters. The fraction of sp³-hybridized carbons (Fsp3) is 0.444. The van der Waals surface area contributed by atoms with Crippen LogP contribution in [0.5, 0.6) is 0 Å². The lowest BCUT2D eigenvalue weighted by Crippen LogP contribution is -2.79. The summed E-state index contributed by atoms with van der Waals surface area (Å²) >= 11 is 0. The normalized spacial score (nSPS) is 32.5. The van der Waals surface area contributed by atoms with Crippen LogP contribution in [0.25, 0.3) is 0 Å². The van der Waals surface area contributed by atoms with E-state index < -0.39 is 94.4 Å². The molecule has 0 spiro atoms. The summed E-state index contributed by atoms with van der Waals surface area (Å²) in [6.07, 6.45) is -8.57. The van der Waals surface area contributed by atoms with Crippen LogP contribution >= 0.6 is 0 Å². The van der Waals surface area contributed by atoms with Gasteiger partial charge in [0.15, 0.2) is 5.60 Å². The number of aliphatic hydroxyl groups is 2. The van der Waals surface area contributed by atoms with E-state index in [-0.39, 0.29) is 41.7 Å². The highest BCUT2D eigenvalue weighted by Crippen LogP contribution is 2.69. The van der Waals surface area contributed by atoms with Gasteiger partial charge in [-0.3, -0.25) is 9.59 Å². The summed E-state index contributed by atoms with van der Waals surface area (Å²) in [5, 5.41) is 25.8. The highest BCUT2D eigenvalue weighted by Gasteiger charge is 2.80. The zero-order chi connectivity index (χ0) is 41.8. The largest absolute Gasteiger partial charge is 0.458 e. The summed E-state index contributed by atoms with van der Waals surface area (Å²) in [5.74, 6) is -5.10. The fourth-order valence-corrected chi connectivity index (χ4v) is 10.2. The molecule has 3 aliphatic carbocycles. The quantitative estimate of drug-likeness (QED) is 0.165. The van der Waals surface area contributed by atoms with Crippen LogP contribution in [0.15, 0.2) is 102 Å². The van der Waals surface area contributed by atoms with E-state index in [0.717, 1.165) is 0 Å².